The largest absolute Gasteiger partial charge is 0.331 e. The number of nitrogens with one attached hydrogen (secondary N) is 2. The van der Waals surface area contributed by atoms with Gasteiger partial charge in [-0.3, -0.25) is 4.79 Å². The Hall–Kier alpha value is -3.23. The summed E-state index contributed by atoms with van der Waals surface area (Å²) in [5.41, 5.74) is 5.15. The molecular weight excluding hydrogens is 396 g/mol. The van der Waals surface area contributed by atoms with Gasteiger partial charge >= 0.3 is 0 Å². The lowest BCUT2D eigenvalue weighted by molar-refractivity contribution is -0.121. The summed E-state index contributed by atoms with van der Waals surface area (Å²) < 4.78 is 1.77. The predicted octanol–water partition coefficient (Wildman–Crippen LogP) is 4.04. The maximum absolute atomic E-state index is 12.1. The second kappa shape index (κ2) is 8.20. The molecule has 1 amide bonds. The molecule has 2 aromatic heterocycles. The number of benzene rings is 2. The number of amides is 1. The zero-order valence-electron chi connectivity index (χ0n) is 14.5. The number of nitrogens with zero attached hydrogens (tertiary/aromatic N) is 4. The second-order valence-electron chi connectivity index (χ2n) is 5.82. The summed E-state index contributed by atoms with van der Waals surface area (Å²) >= 11 is 7.49. The molecule has 2 heterocycles. The second-order valence-corrected chi connectivity index (χ2v) is 7.21. The molecule has 2 N–H and O–H groups in total. The Morgan fingerprint density at radius 2 is 1.96 bits per heavy atom. The fraction of sp³-hybridized carbons (Fsp3) is 0.0526. The van der Waals surface area contributed by atoms with Crippen molar-refractivity contribution in [1.82, 2.24) is 20.0 Å². The maximum atomic E-state index is 12.1. The Bertz CT molecular complexity index is 1140. The van der Waals surface area contributed by atoms with Gasteiger partial charge in [-0.2, -0.15) is 5.10 Å². The van der Waals surface area contributed by atoms with E-state index in [0.29, 0.717) is 15.2 Å². The van der Waals surface area contributed by atoms with Gasteiger partial charge in [0, 0.05) is 5.69 Å². The number of hydrogen-bond acceptors (Lipinski definition) is 6. The van der Waals surface area contributed by atoms with Gasteiger partial charge in [0.15, 0.2) is 10.3 Å². The molecule has 0 fully saturated rings. The van der Waals surface area contributed by atoms with Crippen LogP contribution in [0.25, 0.3) is 11.0 Å². The normalized spacial score (nSPS) is 11.2. The van der Waals surface area contributed by atoms with E-state index in [1.54, 1.807) is 10.9 Å². The number of halogens is 1. The number of carbonyl (C=O) groups excluding carboxylic acids is 1. The number of hydrogen-bond donors (Lipinski definition) is 2. The van der Waals surface area contributed by atoms with Crippen LogP contribution in [-0.2, 0) is 11.3 Å². The third-order valence-electron chi connectivity index (χ3n) is 3.85. The van der Waals surface area contributed by atoms with E-state index in [4.69, 9.17) is 11.6 Å². The van der Waals surface area contributed by atoms with E-state index in [2.05, 4.69) is 25.8 Å². The summed E-state index contributed by atoms with van der Waals surface area (Å²) in [5, 5.41) is 8.13. The molecule has 140 valence electrons. The molecule has 9 heteroatoms. The Labute approximate surface area is 169 Å². The molecule has 0 aliphatic rings. The molecular formula is C19H15ClN6OS. The van der Waals surface area contributed by atoms with Gasteiger partial charge in [0.1, 0.15) is 6.54 Å². The van der Waals surface area contributed by atoms with E-state index in [9.17, 15) is 4.79 Å². The molecule has 7 nitrogen and oxygen atoms in total. The van der Waals surface area contributed by atoms with E-state index in [-0.39, 0.29) is 12.5 Å². The fourth-order valence-electron chi connectivity index (χ4n) is 2.58. The van der Waals surface area contributed by atoms with Crippen LogP contribution in [0.3, 0.4) is 0 Å². The van der Waals surface area contributed by atoms with Gasteiger partial charge in [-0.25, -0.2) is 15.4 Å². The van der Waals surface area contributed by atoms with Gasteiger partial charge in [-0.1, -0.05) is 53.3 Å². The molecule has 0 aliphatic heterocycles. The Morgan fingerprint density at radius 1 is 1.18 bits per heavy atom. The Balaban J connectivity index is 1.37. The molecule has 28 heavy (non-hydrogen) atoms. The van der Waals surface area contributed by atoms with Crippen LogP contribution in [0.15, 0.2) is 66.0 Å². The molecule has 4 rings (SSSR count). The van der Waals surface area contributed by atoms with Crippen LogP contribution in [-0.4, -0.2) is 26.7 Å². The van der Waals surface area contributed by atoms with Gasteiger partial charge in [0.2, 0.25) is 0 Å². The van der Waals surface area contributed by atoms with E-state index in [1.165, 1.54) is 17.6 Å². The number of imidazole rings is 1. The lowest BCUT2D eigenvalue weighted by atomic mass is 10.3. The third-order valence-corrected chi connectivity index (χ3v) is 5.15. The third kappa shape index (κ3) is 4.19. The molecule has 0 atom stereocenters. The zero-order chi connectivity index (χ0) is 19.3. The number of thiazole rings is 1. The van der Waals surface area contributed by atoms with Crippen LogP contribution in [0.2, 0.25) is 5.15 Å². The topological polar surface area (TPSA) is 84.2 Å². The minimum atomic E-state index is -0.261. The molecule has 0 aliphatic carbocycles. The molecule has 0 unspecified atom stereocenters. The van der Waals surface area contributed by atoms with Gasteiger partial charge in [-0.15, -0.1) is 0 Å². The molecule has 0 bridgehead atoms. The first-order valence-corrected chi connectivity index (χ1v) is 9.58. The van der Waals surface area contributed by atoms with Crippen molar-refractivity contribution < 1.29 is 4.79 Å². The minimum Gasteiger partial charge on any atom is -0.331 e. The van der Waals surface area contributed by atoms with Crippen molar-refractivity contribution in [2.75, 3.05) is 5.32 Å². The van der Waals surface area contributed by atoms with E-state index in [0.717, 1.165) is 16.7 Å². The van der Waals surface area contributed by atoms with Crippen LogP contribution < -0.4 is 10.7 Å². The first-order chi connectivity index (χ1) is 13.7. The van der Waals surface area contributed by atoms with Crippen molar-refractivity contribution in [3.8, 4) is 0 Å². The van der Waals surface area contributed by atoms with E-state index < -0.39 is 0 Å². The number of aromatic nitrogens is 3. The summed E-state index contributed by atoms with van der Waals surface area (Å²) in [6.45, 7) is 0.120. The number of fused-ring (bicyclic) bond motifs is 1. The number of rotatable bonds is 6. The average molecular weight is 411 g/mol. The molecule has 4 aromatic rings. The quantitative estimate of drug-likeness (QED) is 0.371. The summed E-state index contributed by atoms with van der Waals surface area (Å²) in [6, 6.07) is 17.3. The first kappa shape index (κ1) is 18.1. The Kier molecular flexibility index (Phi) is 5.31. The van der Waals surface area contributed by atoms with Crippen LogP contribution in [0.1, 0.15) is 4.88 Å². The SMILES string of the molecule is O=C(Cn1cnc2ccccc21)N/N=C/c1sc(Nc2ccccc2)nc1Cl. The van der Waals surface area contributed by atoms with Crippen LogP contribution in [0.5, 0.6) is 0 Å². The maximum Gasteiger partial charge on any atom is 0.260 e. The van der Waals surface area contributed by atoms with E-state index in [1.807, 2.05) is 54.6 Å². The van der Waals surface area contributed by atoms with E-state index >= 15 is 0 Å². The van der Waals surface area contributed by atoms with Crippen molar-refractivity contribution >= 4 is 56.9 Å². The molecule has 0 saturated heterocycles. The number of anilines is 2. The predicted molar refractivity (Wildman–Crippen MR) is 112 cm³/mol. The van der Waals surface area contributed by atoms with Gasteiger partial charge in [-0.05, 0) is 24.3 Å². The zero-order valence-corrected chi connectivity index (χ0v) is 16.1. The summed E-state index contributed by atoms with van der Waals surface area (Å²) in [4.78, 5) is 21.3. The molecule has 0 radical (unpaired) electrons. The van der Waals surface area contributed by atoms with Crippen molar-refractivity contribution in [3.63, 3.8) is 0 Å². The standard InChI is InChI=1S/C19H15ClN6OS/c20-18-16(28-19(24-18)23-13-6-2-1-3-7-13)10-22-25-17(27)11-26-12-21-14-8-4-5-9-15(14)26/h1-10,12H,11H2,(H,23,24)(H,25,27)/b22-10+. The van der Waals surface area contributed by atoms with Gasteiger partial charge < -0.3 is 9.88 Å². The highest BCUT2D eigenvalue weighted by Crippen LogP contribution is 2.27. The molecule has 0 saturated carbocycles. The summed E-state index contributed by atoms with van der Waals surface area (Å²) in [5.74, 6) is -0.261. The number of hydrazone groups is 1. The monoisotopic (exact) mass is 410 g/mol. The van der Waals surface area contributed by atoms with Crippen molar-refractivity contribution in [1.29, 1.82) is 0 Å². The average Bonchev–Trinajstić information content (AvgIpc) is 3.26. The highest BCUT2D eigenvalue weighted by molar-refractivity contribution is 7.17. The van der Waals surface area contributed by atoms with Gasteiger partial charge in [0.25, 0.3) is 5.91 Å². The minimum absolute atomic E-state index is 0.120. The van der Waals surface area contributed by atoms with Crippen molar-refractivity contribution in [3.05, 3.63) is 71.0 Å². The Morgan fingerprint density at radius 3 is 2.82 bits per heavy atom. The lowest BCUT2D eigenvalue weighted by Gasteiger charge is -2.02. The highest BCUT2D eigenvalue weighted by Gasteiger charge is 2.09. The highest BCUT2D eigenvalue weighted by atomic mass is 35.5. The molecule has 0 spiro atoms. The fourth-order valence-corrected chi connectivity index (χ4v) is 3.63. The number of carbonyl (C=O) groups is 1. The smallest absolute Gasteiger partial charge is 0.260 e. The van der Waals surface area contributed by atoms with Crippen LogP contribution in [0.4, 0.5) is 10.8 Å². The van der Waals surface area contributed by atoms with Crippen molar-refractivity contribution in [2.45, 2.75) is 6.54 Å². The summed E-state index contributed by atoms with van der Waals surface area (Å²) in [6.07, 6.45) is 3.12. The van der Waals surface area contributed by atoms with Crippen molar-refractivity contribution in [2.24, 2.45) is 5.10 Å². The summed E-state index contributed by atoms with van der Waals surface area (Å²) in [7, 11) is 0. The van der Waals surface area contributed by atoms with Gasteiger partial charge in [0.05, 0.1) is 28.5 Å². The van der Waals surface area contributed by atoms with Crippen LogP contribution >= 0.6 is 22.9 Å². The first-order valence-electron chi connectivity index (χ1n) is 8.39. The lowest BCUT2D eigenvalue weighted by Crippen LogP contribution is -2.22. The molecule has 2 aromatic carbocycles. The number of para-hydroxylation sites is 3. The van der Waals surface area contributed by atoms with Crippen LogP contribution in [0, 0.1) is 0 Å².